The van der Waals surface area contributed by atoms with Crippen molar-refractivity contribution in [3.8, 4) is 17.2 Å². The molecule has 0 spiro atoms. The summed E-state index contributed by atoms with van der Waals surface area (Å²) in [5, 5.41) is 2.94. The number of methoxy groups -OCH3 is 3. The van der Waals surface area contributed by atoms with Gasteiger partial charge in [-0.05, 0) is 54.8 Å². The Morgan fingerprint density at radius 1 is 0.912 bits per heavy atom. The van der Waals surface area contributed by atoms with E-state index in [2.05, 4.69) is 5.32 Å². The molecule has 34 heavy (non-hydrogen) atoms. The first kappa shape index (κ1) is 23.2. The molecule has 7 heteroatoms. The van der Waals surface area contributed by atoms with E-state index in [1.54, 1.807) is 12.1 Å². The van der Waals surface area contributed by atoms with Gasteiger partial charge in [0.05, 0.1) is 21.3 Å². The molecular formula is C27H28N2O5. The second kappa shape index (κ2) is 9.87. The molecule has 1 atom stereocenters. The van der Waals surface area contributed by atoms with Gasteiger partial charge in [0.2, 0.25) is 5.75 Å². The zero-order chi connectivity index (χ0) is 24.2. The van der Waals surface area contributed by atoms with Crippen LogP contribution in [0.4, 0.5) is 5.69 Å². The molecule has 1 aliphatic heterocycles. The van der Waals surface area contributed by atoms with Crippen molar-refractivity contribution in [1.82, 2.24) is 5.32 Å². The number of benzene rings is 3. The highest BCUT2D eigenvalue weighted by atomic mass is 16.5. The number of hydrogen-bond donors (Lipinski definition) is 1. The van der Waals surface area contributed by atoms with Crippen LogP contribution in [-0.4, -0.2) is 39.2 Å². The predicted molar refractivity (Wildman–Crippen MR) is 130 cm³/mol. The largest absolute Gasteiger partial charge is 0.493 e. The predicted octanol–water partition coefficient (Wildman–Crippen LogP) is 4.23. The maximum Gasteiger partial charge on any atom is 0.258 e. The van der Waals surface area contributed by atoms with Gasteiger partial charge in [0, 0.05) is 29.4 Å². The van der Waals surface area contributed by atoms with E-state index < -0.39 is 0 Å². The molecule has 0 unspecified atom stereocenters. The molecule has 0 fully saturated rings. The lowest BCUT2D eigenvalue weighted by Gasteiger charge is -2.23. The summed E-state index contributed by atoms with van der Waals surface area (Å²) in [6.45, 7) is 2.36. The molecule has 0 saturated carbocycles. The summed E-state index contributed by atoms with van der Waals surface area (Å²) < 4.78 is 16.0. The number of amides is 2. The first-order valence-electron chi connectivity index (χ1n) is 11.1. The summed E-state index contributed by atoms with van der Waals surface area (Å²) in [4.78, 5) is 27.9. The molecule has 7 nitrogen and oxygen atoms in total. The Balaban J connectivity index is 1.53. The third-order valence-electron chi connectivity index (χ3n) is 5.98. The maximum absolute atomic E-state index is 13.2. The number of nitrogens with one attached hydrogen (secondary N) is 1. The number of carbonyl (C=O) groups is 2. The van der Waals surface area contributed by atoms with E-state index in [4.69, 9.17) is 14.2 Å². The van der Waals surface area contributed by atoms with Gasteiger partial charge in [-0.15, -0.1) is 0 Å². The van der Waals surface area contributed by atoms with E-state index in [-0.39, 0.29) is 17.9 Å². The monoisotopic (exact) mass is 460 g/mol. The zero-order valence-electron chi connectivity index (χ0n) is 19.8. The van der Waals surface area contributed by atoms with Crippen molar-refractivity contribution in [2.45, 2.75) is 25.9 Å². The number of hydrogen-bond acceptors (Lipinski definition) is 5. The van der Waals surface area contributed by atoms with Crippen LogP contribution in [0.25, 0.3) is 0 Å². The third-order valence-corrected chi connectivity index (χ3v) is 5.98. The number of ether oxygens (including phenoxy) is 3. The summed E-state index contributed by atoms with van der Waals surface area (Å²) >= 11 is 0. The minimum absolute atomic E-state index is 0.0227. The first-order valence-corrected chi connectivity index (χ1v) is 11.1. The van der Waals surface area contributed by atoms with Crippen molar-refractivity contribution in [3.05, 3.63) is 82.9 Å². The molecule has 176 valence electrons. The van der Waals surface area contributed by atoms with E-state index in [1.807, 2.05) is 60.4 Å². The second-order valence-electron chi connectivity index (χ2n) is 8.15. The molecule has 0 aromatic heterocycles. The molecule has 3 aromatic carbocycles. The van der Waals surface area contributed by atoms with Crippen LogP contribution in [0.15, 0.2) is 60.7 Å². The van der Waals surface area contributed by atoms with Gasteiger partial charge in [-0.1, -0.05) is 30.3 Å². The van der Waals surface area contributed by atoms with Crippen molar-refractivity contribution in [2.24, 2.45) is 0 Å². The fraction of sp³-hybridized carbons (Fsp3) is 0.259. The van der Waals surface area contributed by atoms with E-state index in [1.165, 1.54) is 21.3 Å². The summed E-state index contributed by atoms with van der Waals surface area (Å²) in [6.07, 6.45) is 0.798. The van der Waals surface area contributed by atoms with Gasteiger partial charge in [0.15, 0.2) is 11.5 Å². The topological polar surface area (TPSA) is 77.1 Å². The van der Waals surface area contributed by atoms with Gasteiger partial charge < -0.3 is 24.4 Å². The van der Waals surface area contributed by atoms with Crippen LogP contribution in [-0.2, 0) is 13.0 Å². The Kier molecular flexibility index (Phi) is 6.72. The summed E-state index contributed by atoms with van der Waals surface area (Å²) in [6, 6.07) is 18.6. The van der Waals surface area contributed by atoms with Gasteiger partial charge in [-0.2, -0.15) is 0 Å². The quantitative estimate of drug-likeness (QED) is 0.571. The van der Waals surface area contributed by atoms with Gasteiger partial charge >= 0.3 is 0 Å². The average molecular weight is 461 g/mol. The normalized spacial score (nSPS) is 14.4. The SMILES string of the molecule is COc1cc(C(=O)NCc2ccc3c(c2)N(C(=O)c2ccccc2)[C@H](C)C3)cc(OC)c1OC. The van der Waals surface area contributed by atoms with E-state index in [9.17, 15) is 9.59 Å². The molecule has 1 N–H and O–H groups in total. The van der Waals surface area contributed by atoms with Crippen LogP contribution in [0, 0.1) is 0 Å². The fourth-order valence-electron chi connectivity index (χ4n) is 4.29. The van der Waals surface area contributed by atoms with Crippen LogP contribution in [0.5, 0.6) is 17.2 Å². The molecule has 3 aromatic rings. The Hall–Kier alpha value is -4.00. The van der Waals surface area contributed by atoms with E-state index in [0.29, 0.717) is 34.9 Å². The highest BCUT2D eigenvalue weighted by Gasteiger charge is 2.31. The second-order valence-corrected chi connectivity index (χ2v) is 8.15. The van der Waals surface area contributed by atoms with Crippen molar-refractivity contribution in [2.75, 3.05) is 26.2 Å². The Morgan fingerprint density at radius 2 is 1.59 bits per heavy atom. The summed E-state index contributed by atoms with van der Waals surface area (Å²) in [7, 11) is 4.53. The molecular weight excluding hydrogens is 432 g/mol. The molecule has 1 heterocycles. The number of carbonyl (C=O) groups excluding carboxylic acids is 2. The van der Waals surface area contributed by atoms with Crippen molar-refractivity contribution in [1.29, 1.82) is 0 Å². The Morgan fingerprint density at radius 3 is 2.21 bits per heavy atom. The Labute approximate surface area is 199 Å². The van der Waals surface area contributed by atoms with Crippen LogP contribution < -0.4 is 24.4 Å². The number of anilines is 1. The minimum Gasteiger partial charge on any atom is -0.493 e. The van der Waals surface area contributed by atoms with E-state index in [0.717, 1.165) is 23.2 Å². The van der Waals surface area contributed by atoms with Gasteiger partial charge in [0.25, 0.3) is 11.8 Å². The number of nitrogens with zero attached hydrogens (tertiary/aromatic N) is 1. The molecule has 0 saturated heterocycles. The van der Waals surface area contributed by atoms with Crippen molar-refractivity contribution >= 4 is 17.5 Å². The minimum atomic E-state index is -0.273. The van der Waals surface area contributed by atoms with Crippen LogP contribution in [0.3, 0.4) is 0 Å². The lowest BCUT2D eigenvalue weighted by Crippen LogP contribution is -2.35. The lowest BCUT2D eigenvalue weighted by atomic mass is 10.1. The van der Waals surface area contributed by atoms with Gasteiger partial charge in [0.1, 0.15) is 0 Å². The average Bonchev–Trinajstić information content (AvgIpc) is 3.21. The molecule has 0 bridgehead atoms. The van der Waals surface area contributed by atoms with Crippen molar-refractivity contribution < 1.29 is 23.8 Å². The lowest BCUT2D eigenvalue weighted by molar-refractivity contribution is 0.0947. The van der Waals surface area contributed by atoms with Crippen LogP contribution in [0.2, 0.25) is 0 Å². The smallest absolute Gasteiger partial charge is 0.258 e. The molecule has 0 aliphatic carbocycles. The van der Waals surface area contributed by atoms with Gasteiger partial charge in [-0.25, -0.2) is 0 Å². The molecule has 0 radical (unpaired) electrons. The highest BCUT2D eigenvalue weighted by molar-refractivity contribution is 6.07. The van der Waals surface area contributed by atoms with Gasteiger partial charge in [-0.3, -0.25) is 9.59 Å². The standard InChI is InChI=1S/C27H28N2O5/c1-17-12-20-11-10-18(13-22(20)29(17)27(31)19-8-6-5-7-9-19)16-28-26(30)21-14-23(32-2)25(34-4)24(15-21)33-3/h5-11,13-15,17H,12,16H2,1-4H3,(H,28,30)/t17-/m1/s1. The molecule has 4 rings (SSSR count). The fourth-order valence-corrected chi connectivity index (χ4v) is 4.29. The molecule has 1 aliphatic rings. The van der Waals surface area contributed by atoms with E-state index >= 15 is 0 Å². The highest BCUT2D eigenvalue weighted by Crippen LogP contribution is 2.38. The number of rotatable bonds is 7. The maximum atomic E-state index is 13.2. The first-order chi connectivity index (χ1) is 16.5. The zero-order valence-corrected chi connectivity index (χ0v) is 19.8. The van der Waals surface area contributed by atoms with Crippen LogP contribution >= 0.6 is 0 Å². The summed E-state index contributed by atoms with van der Waals surface area (Å²) in [5.41, 5.74) is 3.96. The third kappa shape index (κ3) is 4.41. The Bertz CT molecular complexity index is 1180. The van der Waals surface area contributed by atoms with Crippen LogP contribution in [0.1, 0.15) is 38.8 Å². The van der Waals surface area contributed by atoms with Crippen molar-refractivity contribution in [3.63, 3.8) is 0 Å². The molecule has 2 amide bonds. The number of fused-ring (bicyclic) bond motifs is 1. The summed E-state index contributed by atoms with van der Waals surface area (Å²) in [5.74, 6) is 0.954.